The van der Waals surface area contributed by atoms with E-state index in [1.807, 2.05) is 6.07 Å². The molecule has 2 heterocycles. The molecule has 0 amide bonds. The Morgan fingerprint density at radius 2 is 1.80 bits per heavy atom. The number of thiophene rings is 1. The quantitative estimate of drug-likeness (QED) is 0.618. The smallest absolute Gasteiger partial charge is 0.322 e. The molecule has 2 aromatic rings. The van der Waals surface area contributed by atoms with Crippen molar-refractivity contribution in [2.45, 2.75) is 12.0 Å². The lowest BCUT2D eigenvalue weighted by atomic mass is 9.94. The van der Waals surface area contributed by atoms with Crippen molar-refractivity contribution in [2.24, 2.45) is 0 Å². The average molecular weight is 327 g/mol. The number of hydrogen-bond acceptors (Lipinski definition) is 4. The van der Waals surface area contributed by atoms with Crippen LogP contribution in [0.4, 0.5) is 0 Å². The molecule has 1 aromatic heterocycles. The zero-order valence-electron chi connectivity index (χ0n) is 10.0. The number of Topliss-reactive ketones (excluding diaryl/α,β-unsaturated/α-hetero) is 1. The van der Waals surface area contributed by atoms with Crippen molar-refractivity contribution in [3.05, 3.63) is 56.2 Å². The van der Waals surface area contributed by atoms with Gasteiger partial charge in [-0.3, -0.25) is 9.59 Å². The lowest BCUT2D eigenvalue weighted by molar-refractivity contribution is -0.143. The minimum Gasteiger partial charge on any atom is -0.449 e. The van der Waals surface area contributed by atoms with E-state index in [4.69, 9.17) is 27.9 Å². The van der Waals surface area contributed by atoms with Crippen LogP contribution in [0.1, 0.15) is 23.1 Å². The first-order valence-corrected chi connectivity index (χ1v) is 7.39. The van der Waals surface area contributed by atoms with Gasteiger partial charge < -0.3 is 4.74 Å². The highest BCUT2D eigenvalue weighted by Crippen LogP contribution is 2.42. The summed E-state index contributed by atoms with van der Waals surface area (Å²) < 4.78 is 5.99. The Morgan fingerprint density at radius 3 is 2.40 bits per heavy atom. The third-order valence-electron chi connectivity index (χ3n) is 3.11. The van der Waals surface area contributed by atoms with E-state index in [0.717, 1.165) is 11.3 Å². The molecule has 1 aliphatic rings. The van der Waals surface area contributed by atoms with Crippen molar-refractivity contribution in [3.63, 3.8) is 0 Å². The molecule has 1 aromatic carbocycles. The Morgan fingerprint density at radius 1 is 1.10 bits per heavy atom. The van der Waals surface area contributed by atoms with Crippen LogP contribution in [0, 0.1) is 0 Å². The summed E-state index contributed by atoms with van der Waals surface area (Å²) in [4.78, 5) is 24.4. The molecule has 102 valence electrons. The van der Waals surface area contributed by atoms with Gasteiger partial charge in [-0.1, -0.05) is 53.5 Å². The molecule has 0 saturated carbocycles. The Labute approximate surface area is 129 Å². The van der Waals surface area contributed by atoms with E-state index >= 15 is 0 Å². The van der Waals surface area contributed by atoms with E-state index < -0.39 is 18.0 Å². The van der Waals surface area contributed by atoms with Crippen molar-refractivity contribution in [1.29, 1.82) is 0 Å². The Bertz CT molecular complexity index is 681. The van der Waals surface area contributed by atoms with Crippen molar-refractivity contribution in [2.75, 3.05) is 0 Å². The van der Waals surface area contributed by atoms with Gasteiger partial charge in [-0.2, -0.15) is 0 Å². The standard InChI is InChI=1S/C14H8Cl2O3S/c15-9-6-8(13(16)20-9)10-11(17)12(19-14(10)18)7-4-2-1-3-5-7/h1-6,10,12H. The van der Waals surface area contributed by atoms with Gasteiger partial charge in [0.25, 0.3) is 0 Å². The molecule has 20 heavy (non-hydrogen) atoms. The molecule has 0 aliphatic carbocycles. The molecule has 6 heteroatoms. The number of cyclic esters (lactones) is 1. The van der Waals surface area contributed by atoms with E-state index in [2.05, 4.69) is 0 Å². The van der Waals surface area contributed by atoms with Crippen molar-refractivity contribution in [3.8, 4) is 0 Å². The molecular formula is C14H8Cl2O3S. The fraction of sp³-hybridized carbons (Fsp3) is 0.143. The number of ether oxygens (including phenoxy) is 1. The fourth-order valence-electron chi connectivity index (χ4n) is 2.20. The Hall–Kier alpha value is -1.36. The van der Waals surface area contributed by atoms with Gasteiger partial charge in [-0.15, -0.1) is 11.3 Å². The molecular weight excluding hydrogens is 319 g/mol. The lowest BCUT2D eigenvalue weighted by Crippen LogP contribution is -2.14. The van der Waals surface area contributed by atoms with Gasteiger partial charge in [-0.05, 0) is 6.07 Å². The predicted molar refractivity (Wildman–Crippen MR) is 77.4 cm³/mol. The number of esters is 1. The summed E-state index contributed by atoms with van der Waals surface area (Å²) in [6.45, 7) is 0. The summed E-state index contributed by atoms with van der Waals surface area (Å²) in [5.74, 6) is -1.88. The molecule has 0 spiro atoms. The van der Waals surface area contributed by atoms with Gasteiger partial charge in [0.1, 0.15) is 5.92 Å². The number of benzene rings is 1. The third-order valence-corrected chi connectivity index (χ3v) is 4.63. The summed E-state index contributed by atoms with van der Waals surface area (Å²) in [6.07, 6.45) is -0.872. The summed E-state index contributed by atoms with van der Waals surface area (Å²) in [5.41, 5.74) is 1.08. The normalized spacial score (nSPS) is 22.1. The van der Waals surface area contributed by atoms with Crippen molar-refractivity contribution in [1.82, 2.24) is 0 Å². The van der Waals surface area contributed by atoms with Gasteiger partial charge in [0, 0.05) is 11.1 Å². The second-order valence-electron chi connectivity index (χ2n) is 4.34. The largest absolute Gasteiger partial charge is 0.449 e. The Kier molecular flexibility index (Phi) is 3.54. The second kappa shape index (κ2) is 5.20. The molecule has 3 rings (SSSR count). The zero-order chi connectivity index (χ0) is 14.3. The van der Waals surface area contributed by atoms with Crippen LogP contribution in [0.3, 0.4) is 0 Å². The van der Waals surface area contributed by atoms with Gasteiger partial charge in [0.15, 0.2) is 11.9 Å². The van der Waals surface area contributed by atoms with Crippen LogP contribution in [0.2, 0.25) is 8.67 Å². The van der Waals surface area contributed by atoms with Crippen molar-refractivity contribution >= 4 is 46.3 Å². The van der Waals surface area contributed by atoms with E-state index in [9.17, 15) is 9.59 Å². The maximum Gasteiger partial charge on any atom is 0.322 e. The number of carbonyl (C=O) groups excluding carboxylic acids is 2. The van der Waals surface area contributed by atoms with Gasteiger partial charge in [-0.25, -0.2) is 0 Å². The number of carbonyl (C=O) groups is 2. The molecule has 0 N–H and O–H groups in total. The number of halogens is 2. The summed E-state index contributed by atoms with van der Waals surface area (Å²) >= 11 is 13.0. The van der Waals surface area contributed by atoms with Gasteiger partial charge in [0.2, 0.25) is 0 Å². The molecule has 3 nitrogen and oxygen atoms in total. The molecule has 1 fully saturated rings. The number of hydrogen-bond donors (Lipinski definition) is 0. The minimum atomic E-state index is -0.989. The maximum absolute atomic E-state index is 12.4. The topological polar surface area (TPSA) is 43.4 Å². The molecule has 1 aliphatic heterocycles. The van der Waals surface area contributed by atoms with Crippen LogP contribution < -0.4 is 0 Å². The highest BCUT2D eigenvalue weighted by atomic mass is 35.5. The van der Waals surface area contributed by atoms with Gasteiger partial charge >= 0.3 is 5.97 Å². The minimum absolute atomic E-state index is 0.308. The van der Waals surface area contributed by atoms with Crippen LogP contribution in [0.5, 0.6) is 0 Å². The number of ketones is 1. The van der Waals surface area contributed by atoms with Crippen LogP contribution in [0.25, 0.3) is 0 Å². The van der Waals surface area contributed by atoms with Crippen LogP contribution in [0.15, 0.2) is 36.4 Å². The third kappa shape index (κ3) is 2.24. The van der Waals surface area contributed by atoms with E-state index in [-0.39, 0.29) is 5.78 Å². The lowest BCUT2D eigenvalue weighted by Gasteiger charge is -2.07. The van der Waals surface area contributed by atoms with E-state index in [1.165, 1.54) is 0 Å². The summed E-state index contributed by atoms with van der Waals surface area (Å²) in [7, 11) is 0. The SMILES string of the molecule is O=C1OC(c2ccccc2)C(=O)C1c1cc(Cl)sc1Cl. The second-order valence-corrected chi connectivity index (χ2v) is 6.63. The zero-order valence-corrected chi connectivity index (χ0v) is 12.3. The maximum atomic E-state index is 12.4. The molecule has 2 unspecified atom stereocenters. The highest BCUT2D eigenvalue weighted by molar-refractivity contribution is 7.20. The first kappa shape index (κ1) is 13.6. The monoisotopic (exact) mass is 326 g/mol. The van der Waals surface area contributed by atoms with Crippen LogP contribution in [-0.4, -0.2) is 11.8 Å². The summed E-state index contributed by atoms with van der Waals surface area (Å²) in [6, 6.07) is 10.5. The summed E-state index contributed by atoms with van der Waals surface area (Å²) in [5, 5.41) is 0. The molecule has 2 atom stereocenters. The first-order chi connectivity index (χ1) is 9.58. The van der Waals surface area contributed by atoms with Crippen molar-refractivity contribution < 1.29 is 14.3 Å². The first-order valence-electron chi connectivity index (χ1n) is 5.82. The van der Waals surface area contributed by atoms with Crippen LogP contribution >= 0.6 is 34.5 Å². The number of rotatable bonds is 2. The average Bonchev–Trinajstić information content (AvgIpc) is 2.90. The molecule has 0 radical (unpaired) electrons. The molecule has 1 saturated heterocycles. The van der Waals surface area contributed by atoms with E-state index in [1.54, 1.807) is 30.3 Å². The van der Waals surface area contributed by atoms with Crippen LogP contribution in [-0.2, 0) is 14.3 Å². The highest BCUT2D eigenvalue weighted by Gasteiger charge is 2.46. The fourth-order valence-corrected chi connectivity index (χ4v) is 3.73. The van der Waals surface area contributed by atoms with Gasteiger partial charge in [0.05, 0.1) is 8.67 Å². The molecule has 0 bridgehead atoms. The van der Waals surface area contributed by atoms with E-state index in [0.29, 0.717) is 19.8 Å². The Balaban J connectivity index is 1.97. The predicted octanol–water partition coefficient (Wildman–Crippen LogP) is 4.01.